The lowest BCUT2D eigenvalue weighted by Gasteiger charge is -2.21. The maximum absolute atomic E-state index is 12.5. The van der Waals surface area contributed by atoms with Crippen LogP contribution in [0.5, 0.6) is 28.7 Å². The minimum Gasteiger partial charge on any atom is -0.496 e. The van der Waals surface area contributed by atoms with Crippen LogP contribution in [-0.4, -0.2) is 56.6 Å². The zero-order valence-corrected chi connectivity index (χ0v) is 26.2. The molecule has 0 fully saturated rings. The quantitative estimate of drug-likeness (QED) is 0.151. The maximum atomic E-state index is 12.5. The van der Waals surface area contributed by atoms with Crippen LogP contribution in [0.25, 0.3) is 22.3 Å². The van der Waals surface area contributed by atoms with E-state index in [-0.39, 0.29) is 46.5 Å². The minimum absolute atomic E-state index is 0.0343. The maximum Gasteiger partial charge on any atom is 0.337 e. The summed E-state index contributed by atoms with van der Waals surface area (Å²) in [4.78, 5) is 11.9. The van der Waals surface area contributed by atoms with E-state index >= 15 is 0 Å². The van der Waals surface area contributed by atoms with Gasteiger partial charge in [-0.2, -0.15) is 16.8 Å². The second-order valence-electron chi connectivity index (χ2n) is 9.44. The number of benzene rings is 4. The number of carbonyl (C=O) groups excluding carboxylic acids is 1. The van der Waals surface area contributed by atoms with E-state index in [1.165, 1.54) is 33.5 Å². The Labute approximate surface area is 256 Å². The topological polar surface area (TPSA) is 141 Å². The van der Waals surface area contributed by atoms with Gasteiger partial charge in [-0.05, 0) is 47.0 Å². The van der Waals surface area contributed by atoms with Crippen LogP contribution in [-0.2, 0) is 31.6 Å². The van der Waals surface area contributed by atoms with Gasteiger partial charge in [-0.1, -0.05) is 48.5 Å². The van der Waals surface area contributed by atoms with E-state index in [4.69, 9.17) is 27.3 Å². The lowest BCUT2D eigenvalue weighted by Crippen LogP contribution is -2.10. The molecule has 0 saturated carbocycles. The molecule has 0 heterocycles. The Balaban J connectivity index is 1.92. The smallest absolute Gasteiger partial charge is 0.337 e. The number of methoxy groups -OCH3 is 3. The highest BCUT2D eigenvalue weighted by atomic mass is 32.2. The molecule has 4 aromatic rings. The van der Waals surface area contributed by atoms with E-state index in [0.717, 1.165) is 18.1 Å². The van der Waals surface area contributed by atoms with Crippen LogP contribution < -0.4 is 22.6 Å². The van der Waals surface area contributed by atoms with Crippen molar-refractivity contribution in [2.24, 2.45) is 0 Å². The molecule has 232 valence electrons. The van der Waals surface area contributed by atoms with Crippen LogP contribution >= 0.6 is 0 Å². The highest BCUT2D eigenvalue weighted by molar-refractivity contribution is 7.86. The predicted molar refractivity (Wildman–Crippen MR) is 163 cm³/mol. The molecule has 0 aliphatic heterocycles. The van der Waals surface area contributed by atoms with Crippen LogP contribution in [0, 0.1) is 0 Å². The molecule has 0 aliphatic rings. The molecule has 0 amide bonds. The number of carbonyl (C=O) groups is 1. The highest BCUT2D eigenvalue weighted by Crippen LogP contribution is 2.51. The fourth-order valence-electron chi connectivity index (χ4n) is 4.35. The molecular weight excluding hydrogens is 612 g/mol. The SMILES string of the molecule is COC(=O)c1ccc(-c2cc(OC)c(-c3ccc(OCc4ccccc4)c(OS(C)(=O)=O)c3)c(OS(C)(=O)=O)c2OC)cc1. The van der Waals surface area contributed by atoms with Gasteiger partial charge in [-0.25, -0.2) is 4.79 Å². The summed E-state index contributed by atoms with van der Waals surface area (Å²) < 4.78 is 82.1. The van der Waals surface area contributed by atoms with Crippen LogP contribution in [0.1, 0.15) is 15.9 Å². The van der Waals surface area contributed by atoms with E-state index in [1.54, 1.807) is 36.4 Å². The Morgan fingerprint density at radius 3 is 1.86 bits per heavy atom. The summed E-state index contributed by atoms with van der Waals surface area (Å²) in [6, 6.07) is 21.6. The van der Waals surface area contributed by atoms with Crippen molar-refractivity contribution in [3.05, 3.63) is 90.0 Å². The normalized spacial score (nSPS) is 11.4. The van der Waals surface area contributed by atoms with E-state index in [9.17, 15) is 21.6 Å². The van der Waals surface area contributed by atoms with Crippen LogP contribution in [0.15, 0.2) is 78.9 Å². The minimum atomic E-state index is -4.12. The summed E-state index contributed by atoms with van der Waals surface area (Å²) >= 11 is 0. The number of hydrogen-bond acceptors (Lipinski definition) is 11. The van der Waals surface area contributed by atoms with Gasteiger partial charge in [0.15, 0.2) is 23.0 Å². The molecule has 0 atom stereocenters. The largest absolute Gasteiger partial charge is 0.496 e. The van der Waals surface area contributed by atoms with Gasteiger partial charge in [0, 0.05) is 5.56 Å². The van der Waals surface area contributed by atoms with Crippen molar-refractivity contribution in [1.82, 2.24) is 0 Å². The molecule has 44 heavy (non-hydrogen) atoms. The Morgan fingerprint density at radius 1 is 0.659 bits per heavy atom. The van der Waals surface area contributed by atoms with Gasteiger partial charge in [0.25, 0.3) is 0 Å². The third-order valence-electron chi connectivity index (χ3n) is 6.19. The molecule has 0 aliphatic carbocycles. The Bertz CT molecular complexity index is 1870. The summed E-state index contributed by atoms with van der Waals surface area (Å²) in [6.07, 6.45) is 1.77. The van der Waals surface area contributed by atoms with Gasteiger partial charge in [0.1, 0.15) is 12.4 Å². The fourth-order valence-corrected chi connectivity index (χ4v) is 5.27. The first-order chi connectivity index (χ1) is 20.8. The zero-order chi connectivity index (χ0) is 32.1. The third-order valence-corrected chi connectivity index (χ3v) is 7.14. The third kappa shape index (κ3) is 7.79. The van der Waals surface area contributed by atoms with E-state index in [1.807, 2.05) is 30.3 Å². The van der Waals surface area contributed by atoms with Crippen molar-refractivity contribution in [2.75, 3.05) is 33.8 Å². The molecule has 0 saturated heterocycles. The van der Waals surface area contributed by atoms with Gasteiger partial charge in [0.2, 0.25) is 0 Å². The summed E-state index contributed by atoms with van der Waals surface area (Å²) in [5.74, 6) is -0.561. The van der Waals surface area contributed by atoms with Gasteiger partial charge in [-0.3, -0.25) is 0 Å². The van der Waals surface area contributed by atoms with Gasteiger partial charge >= 0.3 is 26.2 Å². The predicted octanol–water partition coefficient (Wildman–Crippen LogP) is 5.08. The van der Waals surface area contributed by atoms with Gasteiger partial charge in [0.05, 0.1) is 45.0 Å². The molecule has 13 heteroatoms. The molecule has 0 bridgehead atoms. The van der Waals surface area contributed by atoms with Crippen LogP contribution in [0.2, 0.25) is 0 Å². The highest BCUT2D eigenvalue weighted by Gasteiger charge is 2.27. The zero-order valence-electron chi connectivity index (χ0n) is 24.5. The molecular formula is C31H30O11S2. The van der Waals surface area contributed by atoms with Gasteiger partial charge < -0.3 is 27.3 Å². The van der Waals surface area contributed by atoms with Crippen LogP contribution in [0.3, 0.4) is 0 Å². The van der Waals surface area contributed by atoms with Crippen molar-refractivity contribution < 1.29 is 48.9 Å². The first-order valence-electron chi connectivity index (χ1n) is 12.9. The van der Waals surface area contributed by atoms with Crippen molar-refractivity contribution in [2.45, 2.75) is 6.61 Å². The summed E-state index contributed by atoms with van der Waals surface area (Å²) in [6.45, 7) is 0.128. The van der Waals surface area contributed by atoms with Crippen molar-refractivity contribution >= 4 is 26.2 Å². The standard InChI is InChI=1S/C31H30O11S2/c1-37-27-18-24(21-11-13-22(14-12-21)31(32)39-3)29(38-2)30(42-44(5,35)36)28(27)23-15-16-25(26(17-23)41-43(4,33)34)40-19-20-9-7-6-8-10-20/h6-18H,19H2,1-5H3. The number of esters is 1. The second kappa shape index (κ2) is 13.3. The average molecular weight is 643 g/mol. The van der Waals surface area contributed by atoms with Crippen molar-refractivity contribution in [3.8, 4) is 51.0 Å². The van der Waals surface area contributed by atoms with Crippen LogP contribution in [0.4, 0.5) is 0 Å². The Morgan fingerprint density at radius 2 is 1.30 bits per heavy atom. The average Bonchev–Trinajstić information content (AvgIpc) is 2.98. The molecule has 0 unspecified atom stereocenters. The molecule has 4 aromatic carbocycles. The summed E-state index contributed by atoms with van der Waals surface area (Å²) in [5, 5.41) is 0. The molecule has 0 N–H and O–H groups in total. The first-order valence-corrected chi connectivity index (χ1v) is 16.5. The van der Waals surface area contributed by atoms with Crippen molar-refractivity contribution in [1.29, 1.82) is 0 Å². The number of rotatable bonds is 12. The second-order valence-corrected chi connectivity index (χ2v) is 12.6. The lowest BCUT2D eigenvalue weighted by molar-refractivity contribution is 0.0600. The molecule has 0 aromatic heterocycles. The van der Waals surface area contributed by atoms with Gasteiger partial charge in [-0.15, -0.1) is 0 Å². The monoisotopic (exact) mass is 642 g/mol. The summed E-state index contributed by atoms with van der Waals surface area (Å²) in [7, 11) is -4.13. The molecule has 0 spiro atoms. The molecule has 11 nitrogen and oxygen atoms in total. The van der Waals surface area contributed by atoms with E-state index in [2.05, 4.69) is 0 Å². The Hall–Kier alpha value is -4.75. The van der Waals surface area contributed by atoms with E-state index in [0.29, 0.717) is 16.7 Å². The van der Waals surface area contributed by atoms with Crippen molar-refractivity contribution in [3.63, 3.8) is 0 Å². The Kier molecular flexibility index (Phi) is 9.70. The lowest BCUT2D eigenvalue weighted by atomic mass is 9.95. The molecule has 0 radical (unpaired) electrons. The fraction of sp³-hybridized carbons (Fsp3) is 0.194. The summed E-state index contributed by atoms with van der Waals surface area (Å²) in [5.41, 5.74) is 2.49. The molecule has 4 rings (SSSR count). The first kappa shape index (κ1) is 32.2. The number of hydrogen-bond donors (Lipinski definition) is 0. The number of ether oxygens (including phenoxy) is 4. The van der Waals surface area contributed by atoms with E-state index < -0.39 is 26.2 Å².